The number of rotatable bonds is 8. The quantitative estimate of drug-likeness (QED) is 0.679. The van der Waals surface area contributed by atoms with Crippen molar-refractivity contribution in [2.75, 3.05) is 13.2 Å². The second-order valence-electron chi connectivity index (χ2n) is 6.71. The summed E-state index contributed by atoms with van der Waals surface area (Å²) in [4.78, 5) is 24.3. The lowest BCUT2D eigenvalue weighted by Gasteiger charge is -2.16. The van der Waals surface area contributed by atoms with E-state index in [0.29, 0.717) is 11.6 Å². The van der Waals surface area contributed by atoms with Crippen molar-refractivity contribution in [1.29, 1.82) is 0 Å². The number of likely N-dealkylation sites (tertiary alicyclic amines) is 1. The molecule has 0 bridgehead atoms. The van der Waals surface area contributed by atoms with Crippen molar-refractivity contribution in [3.05, 3.63) is 64.4 Å². The Morgan fingerprint density at radius 1 is 1.14 bits per heavy atom. The maximum atomic E-state index is 14.3. The Hall–Kier alpha value is -2.44. The molecule has 1 aliphatic rings. The van der Waals surface area contributed by atoms with Gasteiger partial charge in [0.2, 0.25) is 11.8 Å². The molecule has 1 aliphatic heterocycles. The summed E-state index contributed by atoms with van der Waals surface area (Å²) in [5.74, 6) is -0.776. The predicted octanol–water partition coefficient (Wildman–Crippen LogP) is 3.86. The molecule has 148 valence electrons. The minimum atomic E-state index is -0.475. The average Bonchev–Trinajstić information content (AvgIpc) is 3.00. The lowest BCUT2D eigenvalue weighted by molar-refractivity contribution is -0.138. The number of halogens is 2. The van der Waals surface area contributed by atoms with Gasteiger partial charge in [0.25, 0.3) is 0 Å². The Balaban J connectivity index is 1.50. The van der Waals surface area contributed by atoms with Crippen molar-refractivity contribution in [2.45, 2.75) is 32.4 Å². The molecule has 2 aromatic carbocycles. The first-order valence-electron chi connectivity index (χ1n) is 9.17. The monoisotopic (exact) mass is 404 g/mol. The van der Waals surface area contributed by atoms with Crippen molar-refractivity contribution in [2.24, 2.45) is 0 Å². The van der Waals surface area contributed by atoms with Crippen LogP contribution in [-0.2, 0) is 16.1 Å². The smallest absolute Gasteiger partial charge is 0.229 e. The lowest BCUT2D eigenvalue weighted by Crippen LogP contribution is -2.33. The normalized spacial score (nSPS) is 15.2. The fourth-order valence-electron chi connectivity index (χ4n) is 3.03. The molecular formula is C21H22ClFN2O3. The van der Waals surface area contributed by atoms with Gasteiger partial charge in [0.05, 0.1) is 6.54 Å². The van der Waals surface area contributed by atoms with Crippen molar-refractivity contribution < 1.29 is 18.7 Å². The summed E-state index contributed by atoms with van der Waals surface area (Å²) >= 11 is 5.90. The molecule has 0 spiro atoms. The van der Waals surface area contributed by atoms with Crippen LogP contribution in [0.15, 0.2) is 42.5 Å². The van der Waals surface area contributed by atoms with Crippen LogP contribution in [0.5, 0.6) is 5.75 Å². The van der Waals surface area contributed by atoms with Crippen molar-refractivity contribution in [3.8, 4) is 5.75 Å². The molecular weight excluding hydrogens is 383 g/mol. The third-order valence-corrected chi connectivity index (χ3v) is 4.96. The van der Waals surface area contributed by atoms with E-state index in [9.17, 15) is 14.0 Å². The molecule has 3 rings (SSSR count). The lowest BCUT2D eigenvalue weighted by atomic mass is 10.1. The van der Waals surface area contributed by atoms with Gasteiger partial charge in [0.15, 0.2) is 11.6 Å². The van der Waals surface area contributed by atoms with E-state index in [1.807, 2.05) is 31.2 Å². The highest BCUT2D eigenvalue weighted by atomic mass is 35.5. The molecule has 2 amide bonds. The van der Waals surface area contributed by atoms with Crippen LogP contribution in [0.3, 0.4) is 0 Å². The topological polar surface area (TPSA) is 58.6 Å². The van der Waals surface area contributed by atoms with Crippen molar-refractivity contribution >= 4 is 23.4 Å². The number of carbonyl (C=O) groups is 2. The molecule has 5 nitrogen and oxygen atoms in total. The average molecular weight is 405 g/mol. The number of hydrogen-bond donors (Lipinski definition) is 1. The third-order valence-electron chi connectivity index (χ3n) is 4.71. The van der Waals surface area contributed by atoms with Gasteiger partial charge in [0.1, 0.15) is 6.61 Å². The number of ether oxygens (including phenoxy) is 1. The predicted molar refractivity (Wildman–Crippen MR) is 105 cm³/mol. The molecule has 1 atom stereocenters. The highest BCUT2D eigenvalue weighted by molar-refractivity contribution is 6.30. The first-order chi connectivity index (χ1) is 13.4. The second-order valence-corrected chi connectivity index (χ2v) is 7.14. The molecule has 0 unspecified atom stereocenters. The number of hydrogen-bond acceptors (Lipinski definition) is 4. The number of imide groups is 1. The highest BCUT2D eigenvalue weighted by Gasteiger charge is 2.28. The van der Waals surface area contributed by atoms with E-state index in [1.165, 1.54) is 6.07 Å². The minimum Gasteiger partial charge on any atom is -0.489 e. The van der Waals surface area contributed by atoms with E-state index < -0.39 is 5.82 Å². The highest BCUT2D eigenvalue weighted by Crippen LogP contribution is 2.20. The molecule has 1 N–H and O–H groups in total. The first-order valence-corrected chi connectivity index (χ1v) is 9.55. The van der Waals surface area contributed by atoms with Gasteiger partial charge in [-0.3, -0.25) is 14.5 Å². The van der Waals surface area contributed by atoms with E-state index in [1.54, 1.807) is 12.1 Å². The molecule has 1 heterocycles. The zero-order valence-electron chi connectivity index (χ0n) is 15.6. The van der Waals surface area contributed by atoms with E-state index in [0.717, 1.165) is 16.0 Å². The maximum Gasteiger partial charge on any atom is 0.229 e. The van der Waals surface area contributed by atoms with Gasteiger partial charge in [-0.05, 0) is 42.3 Å². The van der Waals surface area contributed by atoms with Crippen LogP contribution in [0.25, 0.3) is 0 Å². The van der Waals surface area contributed by atoms with Crippen LogP contribution in [0.2, 0.25) is 5.02 Å². The first kappa shape index (κ1) is 20.3. The Morgan fingerprint density at radius 2 is 1.82 bits per heavy atom. The van der Waals surface area contributed by atoms with Gasteiger partial charge in [-0.1, -0.05) is 29.8 Å². The fourth-order valence-corrected chi connectivity index (χ4v) is 3.16. The Kier molecular flexibility index (Phi) is 6.65. The number of carbonyl (C=O) groups excluding carboxylic acids is 2. The van der Waals surface area contributed by atoms with Crippen molar-refractivity contribution in [3.63, 3.8) is 0 Å². The summed E-state index contributed by atoms with van der Waals surface area (Å²) in [6.07, 6.45) is 0.479. The summed E-state index contributed by atoms with van der Waals surface area (Å²) in [6, 6.07) is 12.4. The maximum absolute atomic E-state index is 14.3. The van der Waals surface area contributed by atoms with E-state index in [4.69, 9.17) is 16.3 Å². The van der Waals surface area contributed by atoms with E-state index in [-0.39, 0.29) is 49.6 Å². The zero-order valence-corrected chi connectivity index (χ0v) is 16.3. The summed E-state index contributed by atoms with van der Waals surface area (Å²) < 4.78 is 19.7. The Bertz CT molecular complexity index is 841. The van der Waals surface area contributed by atoms with Crippen LogP contribution in [0.4, 0.5) is 4.39 Å². The second kappa shape index (κ2) is 9.17. The van der Waals surface area contributed by atoms with Gasteiger partial charge in [-0.15, -0.1) is 0 Å². The van der Waals surface area contributed by atoms with E-state index >= 15 is 0 Å². The number of nitrogens with one attached hydrogen (secondary N) is 1. The largest absolute Gasteiger partial charge is 0.489 e. The Morgan fingerprint density at radius 3 is 2.46 bits per heavy atom. The molecule has 28 heavy (non-hydrogen) atoms. The standard InChI is InChI=1S/C21H22ClFN2O3/c1-14(16-3-5-17(22)6-4-16)24-13-15-2-7-19(18(23)12-15)28-11-10-25-20(26)8-9-21(25)27/h2-7,12,14,24H,8-11,13H2,1H3/t14-/m0/s1. The molecule has 2 aromatic rings. The van der Waals surface area contributed by atoms with Crippen LogP contribution in [0.1, 0.15) is 36.9 Å². The fraction of sp³-hybridized carbons (Fsp3) is 0.333. The molecule has 1 saturated heterocycles. The third kappa shape index (κ3) is 5.09. The number of benzene rings is 2. The molecule has 0 radical (unpaired) electrons. The van der Waals surface area contributed by atoms with Gasteiger partial charge in [0, 0.05) is 30.5 Å². The van der Waals surface area contributed by atoms with Gasteiger partial charge >= 0.3 is 0 Å². The van der Waals surface area contributed by atoms with Crippen LogP contribution in [-0.4, -0.2) is 29.9 Å². The number of nitrogens with zero attached hydrogens (tertiary/aromatic N) is 1. The summed E-state index contributed by atoms with van der Waals surface area (Å²) in [5.41, 5.74) is 1.88. The minimum absolute atomic E-state index is 0.0690. The van der Waals surface area contributed by atoms with Gasteiger partial charge < -0.3 is 10.1 Å². The summed E-state index contributed by atoms with van der Waals surface area (Å²) in [6.45, 7) is 2.73. The summed E-state index contributed by atoms with van der Waals surface area (Å²) in [5, 5.41) is 4.03. The molecule has 0 aliphatic carbocycles. The van der Waals surface area contributed by atoms with Crippen molar-refractivity contribution in [1.82, 2.24) is 10.2 Å². The molecule has 7 heteroatoms. The van der Waals surface area contributed by atoms with Gasteiger partial charge in [-0.2, -0.15) is 0 Å². The Labute approximate surface area is 168 Å². The van der Waals surface area contributed by atoms with Crippen LogP contribution in [0, 0.1) is 5.82 Å². The SMILES string of the molecule is C[C@H](NCc1ccc(OCCN2C(=O)CCC2=O)c(F)c1)c1ccc(Cl)cc1. The van der Waals surface area contributed by atoms with Crippen LogP contribution >= 0.6 is 11.6 Å². The molecule has 1 fully saturated rings. The zero-order chi connectivity index (χ0) is 20.1. The number of amides is 2. The summed E-state index contributed by atoms with van der Waals surface area (Å²) in [7, 11) is 0. The molecule has 0 aromatic heterocycles. The van der Waals surface area contributed by atoms with E-state index in [2.05, 4.69) is 5.32 Å². The van der Waals surface area contributed by atoms with Gasteiger partial charge in [-0.25, -0.2) is 4.39 Å². The molecule has 0 saturated carbocycles. The van der Waals surface area contributed by atoms with Crippen LogP contribution < -0.4 is 10.1 Å².